The maximum atomic E-state index is 2.35. The van der Waals surface area contributed by atoms with Crippen molar-refractivity contribution in [3.63, 3.8) is 0 Å². The molecule has 20 heavy (non-hydrogen) atoms. The Labute approximate surface area is 123 Å². The van der Waals surface area contributed by atoms with Crippen molar-refractivity contribution in [3.8, 4) is 0 Å². The van der Waals surface area contributed by atoms with Gasteiger partial charge in [-0.05, 0) is 25.8 Å². The Balaban J connectivity index is 2.21. The van der Waals surface area contributed by atoms with Gasteiger partial charge in [-0.1, -0.05) is 51.1 Å². The summed E-state index contributed by atoms with van der Waals surface area (Å²) in [7, 11) is 0. The van der Waals surface area contributed by atoms with Gasteiger partial charge in [0, 0.05) is 5.41 Å². The van der Waals surface area contributed by atoms with E-state index in [1.165, 1.54) is 5.56 Å². The van der Waals surface area contributed by atoms with E-state index in [9.17, 15) is 0 Å². The van der Waals surface area contributed by atoms with Crippen LogP contribution in [0.5, 0.6) is 0 Å². The molecule has 1 aromatic heterocycles. The zero-order valence-electron chi connectivity index (χ0n) is 13.4. The van der Waals surface area contributed by atoms with E-state index in [4.69, 9.17) is 0 Å². The lowest BCUT2D eigenvalue weighted by atomic mass is 9.72. The average molecular weight is 271 g/mol. The predicted octanol–water partition coefficient (Wildman–Crippen LogP) is 4.00. The van der Waals surface area contributed by atoms with Gasteiger partial charge in [-0.25, -0.2) is 9.13 Å². The smallest absolute Gasteiger partial charge is 0.233 e. The number of benzene rings is 1. The Bertz CT molecular complexity index is 550. The summed E-state index contributed by atoms with van der Waals surface area (Å²) >= 11 is 0. The molecule has 2 nitrogen and oxygen atoms in total. The van der Waals surface area contributed by atoms with Gasteiger partial charge in [-0.15, -0.1) is 0 Å². The standard InChI is InChI=1S/C18H27N2/c1-6-17(2,3)18(4,5)20-13-12-19(15-20)14-16-10-8-7-9-11-16/h7-13,15H,6,14H2,1-5H3/q+1. The molecule has 0 fully saturated rings. The highest BCUT2D eigenvalue weighted by Gasteiger charge is 2.41. The second-order valence-corrected chi connectivity index (χ2v) is 6.78. The number of hydrogen-bond donors (Lipinski definition) is 0. The van der Waals surface area contributed by atoms with Crippen molar-refractivity contribution in [1.82, 2.24) is 4.57 Å². The molecule has 0 bridgehead atoms. The molecule has 0 radical (unpaired) electrons. The fraction of sp³-hybridized carbons (Fsp3) is 0.500. The lowest BCUT2D eigenvalue weighted by molar-refractivity contribution is -0.688. The minimum Gasteiger partial charge on any atom is -0.233 e. The van der Waals surface area contributed by atoms with E-state index < -0.39 is 0 Å². The summed E-state index contributed by atoms with van der Waals surface area (Å²) in [6.07, 6.45) is 7.75. The molecule has 0 saturated carbocycles. The van der Waals surface area contributed by atoms with Gasteiger partial charge in [0.2, 0.25) is 6.33 Å². The highest BCUT2D eigenvalue weighted by atomic mass is 15.2. The molecule has 1 heterocycles. The zero-order chi connectivity index (χ0) is 14.8. The highest BCUT2D eigenvalue weighted by molar-refractivity contribution is 5.13. The maximum Gasteiger partial charge on any atom is 0.244 e. The van der Waals surface area contributed by atoms with E-state index in [0.29, 0.717) is 0 Å². The van der Waals surface area contributed by atoms with Crippen LogP contribution in [0.3, 0.4) is 0 Å². The van der Waals surface area contributed by atoms with Crippen LogP contribution < -0.4 is 4.57 Å². The highest BCUT2D eigenvalue weighted by Crippen LogP contribution is 2.39. The van der Waals surface area contributed by atoms with Gasteiger partial charge < -0.3 is 0 Å². The summed E-state index contributed by atoms with van der Waals surface area (Å²) in [5.74, 6) is 0. The summed E-state index contributed by atoms with van der Waals surface area (Å²) < 4.78 is 4.60. The van der Waals surface area contributed by atoms with Crippen molar-refractivity contribution in [2.24, 2.45) is 5.41 Å². The fourth-order valence-corrected chi connectivity index (χ4v) is 2.39. The van der Waals surface area contributed by atoms with E-state index in [-0.39, 0.29) is 11.0 Å². The number of rotatable bonds is 5. The van der Waals surface area contributed by atoms with Crippen molar-refractivity contribution in [2.45, 2.75) is 53.1 Å². The molecule has 2 heteroatoms. The Morgan fingerprint density at radius 2 is 1.70 bits per heavy atom. The number of hydrogen-bond acceptors (Lipinski definition) is 0. The molecular formula is C18H27N2+. The quantitative estimate of drug-likeness (QED) is 0.727. The van der Waals surface area contributed by atoms with Crippen LogP contribution in [0.2, 0.25) is 0 Å². The van der Waals surface area contributed by atoms with Crippen LogP contribution in [0, 0.1) is 5.41 Å². The summed E-state index contributed by atoms with van der Waals surface area (Å²) in [5, 5.41) is 0. The second-order valence-electron chi connectivity index (χ2n) is 6.78. The first kappa shape index (κ1) is 14.8. The van der Waals surface area contributed by atoms with E-state index in [0.717, 1.165) is 13.0 Å². The molecule has 0 atom stereocenters. The van der Waals surface area contributed by atoms with Gasteiger partial charge in [0.15, 0.2) is 0 Å². The van der Waals surface area contributed by atoms with Crippen molar-refractivity contribution >= 4 is 0 Å². The molecule has 108 valence electrons. The van der Waals surface area contributed by atoms with E-state index >= 15 is 0 Å². The summed E-state index contributed by atoms with van der Waals surface area (Å²) in [6.45, 7) is 12.5. The van der Waals surface area contributed by atoms with E-state index in [2.05, 4.69) is 92.8 Å². The Kier molecular flexibility index (Phi) is 4.03. The van der Waals surface area contributed by atoms with Crippen LogP contribution in [-0.2, 0) is 12.1 Å². The molecule has 0 aliphatic carbocycles. The number of aromatic nitrogens is 2. The Morgan fingerprint density at radius 3 is 2.30 bits per heavy atom. The summed E-state index contributed by atoms with van der Waals surface area (Å²) in [4.78, 5) is 0. The third-order valence-corrected chi connectivity index (χ3v) is 5.09. The molecule has 2 rings (SSSR count). The Hall–Kier alpha value is -1.57. The molecule has 0 saturated heterocycles. The van der Waals surface area contributed by atoms with E-state index in [1.54, 1.807) is 0 Å². The topological polar surface area (TPSA) is 8.81 Å². The summed E-state index contributed by atoms with van der Waals surface area (Å²) in [5.41, 5.74) is 1.70. The van der Waals surface area contributed by atoms with Crippen LogP contribution in [0.15, 0.2) is 49.1 Å². The monoisotopic (exact) mass is 271 g/mol. The zero-order valence-corrected chi connectivity index (χ0v) is 13.4. The van der Waals surface area contributed by atoms with Gasteiger partial charge in [0.25, 0.3) is 0 Å². The normalized spacial score (nSPS) is 12.7. The molecular weight excluding hydrogens is 244 g/mol. The molecule has 0 aliphatic rings. The third kappa shape index (κ3) is 2.79. The first-order valence-electron chi connectivity index (χ1n) is 7.48. The van der Waals surface area contributed by atoms with Crippen molar-refractivity contribution in [3.05, 3.63) is 54.6 Å². The van der Waals surface area contributed by atoms with Gasteiger partial charge in [0.05, 0.1) is 0 Å². The van der Waals surface area contributed by atoms with Gasteiger partial charge in [-0.2, -0.15) is 0 Å². The molecule has 0 amide bonds. The number of imidazole rings is 1. The second kappa shape index (κ2) is 5.43. The maximum absolute atomic E-state index is 2.35. The molecule has 0 aliphatic heterocycles. The fourth-order valence-electron chi connectivity index (χ4n) is 2.39. The third-order valence-electron chi connectivity index (χ3n) is 5.09. The van der Waals surface area contributed by atoms with Crippen molar-refractivity contribution in [1.29, 1.82) is 0 Å². The molecule has 0 spiro atoms. The van der Waals surface area contributed by atoms with Crippen LogP contribution in [0.25, 0.3) is 0 Å². The van der Waals surface area contributed by atoms with Crippen LogP contribution in [0.1, 0.15) is 46.6 Å². The van der Waals surface area contributed by atoms with Crippen LogP contribution >= 0.6 is 0 Å². The molecule has 1 aromatic carbocycles. The van der Waals surface area contributed by atoms with E-state index in [1.807, 2.05) is 0 Å². The predicted molar refractivity (Wildman–Crippen MR) is 83.6 cm³/mol. The first-order valence-corrected chi connectivity index (χ1v) is 7.48. The average Bonchev–Trinajstić information content (AvgIpc) is 2.89. The SMILES string of the molecule is CCC(C)(C)C(C)(C)n1cc[n+](Cc2ccccc2)c1. The lowest BCUT2D eigenvalue weighted by Gasteiger charge is -2.38. The van der Waals surface area contributed by atoms with Gasteiger partial charge in [0.1, 0.15) is 24.5 Å². The van der Waals surface area contributed by atoms with Crippen LogP contribution in [0.4, 0.5) is 0 Å². The van der Waals surface area contributed by atoms with Crippen molar-refractivity contribution in [2.75, 3.05) is 0 Å². The molecule has 2 aromatic rings. The largest absolute Gasteiger partial charge is 0.244 e. The minimum atomic E-state index is 0.101. The first-order chi connectivity index (χ1) is 9.37. The number of nitrogens with zero attached hydrogens (tertiary/aromatic N) is 2. The minimum absolute atomic E-state index is 0.101. The summed E-state index contributed by atoms with van der Waals surface area (Å²) in [6, 6.07) is 10.6. The van der Waals surface area contributed by atoms with Gasteiger partial charge >= 0.3 is 0 Å². The molecule has 0 N–H and O–H groups in total. The van der Waals surface area contributed by atoms with Crippen molar-refractivity contribution < 1.29 is 4.57 Å². The lowest BCUT2D eigenvalue weighted by Crippen LogP contribution is -2.42. The Morgan fingerprint density at radius 1 is 1.05 bits per heavy atom. The van der Waals surface area contributed by atoms with Crippen LogP contribution in [-0.4, -0.2) is 4.57 Å². The van der Waals surface area contributed by atoms with Gasteiger partial charge in [-0.3, -0.25) is 0 Å². The molecule has 0 unspecified atom stereocenters.